The molecule has 3 heteroatoms. The van der Waals surface area contributed by atoms with Gasteiger partial charge >= 0.3 is 0 Å². The molecule has 2 bridgehead atoms. The molecule has 1 saturated carbocycles. The van der Waals surface area contributed by atoms with E-state index in [-0.39, 0.29) is 24.0 Å². The molecular weight excluding hydrogens is 214 g/mol. The van der Waals surface area contributed by atoms with Gasteiger partial charge in [-0.05, 0) is 24.8 Å². The third kappa shape index (κ3) is 1.84. The predicted octanol–water partition coefficient (Wildman–Crippen LogP) is 1.56. The van der Waals surface area contributed by atoms with E-state index >= 15 is 0 Å². The first-order chi connectivity index (χ1) is 8.25. The van der Waals surface area contributed by atoms with Crippen LogP contribution in [0.15, 0.2) is 30.3 Å². The Hall–Kier alpha value is -1.35. The number of aliphatic hydroxyl groups excluding tert-OH is 1. The third-order valence-corrected chi connectivity index (χ3v) is 4.01. The maximum absolute atomic E-state index is 12.2. The van der Waals surface area contributed by atoms with Gasteiger partial charge in [-0.1, -0.05) is 30.3 Å². The van der Waals surface area contributed by atoms with Gasteiger partial charge in [-0.3, -0.25) is 4.79 Å². The largest absolute Gasteiger partial charge is 0.391 e. The Kier molecular flexibility index (Phi) is 2.63. The number of hydrogen-bond donors (Lipinski definition) is 1. The maximum atomic E-state index is 12.2. The Morgan fingerprint density at radius 1 is 1.24 bits per heavy atom. The van der Waals surface area contributed by atoms with Crippen molar-refractivity contribution in [2.45, 2.75) is 38.0 Å². The average Bonchev–Trinajstić information content (AvgIpc) is 2.35. The minimum absolute atomic E-state index is 0.0349. The zero-order chi connectivity index (χ0) is 11.8. The van der Waals surface area contributed by atoms with Crippen molar-refractivity contribution in [3.05, 3.63) is 35.9 Å². The normalized spacial score (nSPS) is 31.9. The summed E-state index contributed by atoms with van der Waals surface area (Å²) in [6.45, 7) is 0.637. The lowest BCUT2D eigenvalue weighted by molar-refractivity contribution is -0.157. The maximum Gasteiger partial charge on any atom is 0.226 e. The molecule has 0 aromatic heterocycles. The average molecular weight is 231 g/mol. The summed E-state index contributed by atoms with van der Waals surface area (Å²) in [7, 11) is 0. The van der Waals surface area contributed by atoms with Crippen molar-refractivity contribution in [1.82, 2.24) is 4.90 Å². The second-order valence-electron chi connectivity index (χ2n) is 5.10. The molecule has 1 aromatic carbocycles. The van der Waals surface area contributed by atoms with Crippen LogP contribution in [0.3, 0.4) is 0 Å². The van der Waals surface area contributed by atoms with Crippen LogP contribution in [0.4, 0.5) is 0 Å². The second-order valence-corrected chi connectivity index (χ2v) is 5.10. The molecule has 0 unspecified atom stereocenters. The fourth-order valence-corrected chi connectivity index (χ4v) is 3.09. The molecular formula is C14H17NO2. The van der Waals surface area contributed by atoms with Gasteiger partial charge in [0, 0.05) is 12.5 Å². The highest BCUT2D eigenvalue weighted by molar-refractivity contribution is 5.81. The van der Waals surface area contributed by atoms with Crippen LogP contribution in [0.5, 0.6) is 0 Å². The number of amides is 1. The van der Waals surface area contributed by atoms with Crippen molar-refractivity contribution in [2.24, 2.45) is 5.92 Å². The lowest BCUT2D eigenvalue weighted by Gasteiger charge is -2.47. The molecule has 2 aliphatic heterocycles. The van der Waals surface area contributed by atoms with Gasteiger partial charge in [-0.15, -0.1) is 0 Å². The zero-order valence-corrected chi connectivity index (χ0v) is 9.75. The van der Waals surface area contributed by atoms with Crippen LogP contribution in [0.25, 0.3) is 0 Å². The van der Waals surface area contributed by atoms with Gasteiger partial charge in [0.15, 0.2) is 0 Å². The Labute approximate surface area is 101 Å². The number of nitrogens with zero attached hydrogens (tertiary/aromatic N) is 1. The predicted molar refractivity (Wildman–Crippen MR) is 64.1 cm³/mol. The molecule has 1 aromatic rings. The van der Waals surface area contributed by atoms with E-state index in [1.807, 2.05) is 35.2 Å². The fourth-order valence-electron chi connectivity index (χ4n) is 3.09. The SMILES string of the molecule is O=C1[C@H]2CC[C@@H]([C@@H](O)C2)N1Cc1ccccc1. The summed E-state index contributed by atoms with van der Waals surface area (Å²) in [5, 5.41) is 9.97. The van der Waals surface area contributed by atoms with Crippen molar-refractivity contribution in [2.75, 3.05) is 0 Å². The summed E-state index contributed by atoms with van der Waals surface area (Å²) in [6, 6.07) is 10.0. The topological polar surface area (TPSA) is 40.5 Å². The van der Waals surface area contributed by atoms with Crippen LogP contribution >= 0.6 is 0 Å². The number of piperidine rings is 2. The Morgan fingerprint density at radius 2 is 2.00 bits per heavy atom. The number of aliphatic hydroxyl groups is 1. The highest BCUT2D eigenvalue weighted by Crippen LogP contribution is 2.36. The van der Waals surface area contributed by atoms with Crippen LogP contribution in [-0.4, -0.2) is 28.1 Å². The van der Waals surface area contributed by atoms with Gasteiger partial charge in [-0.25, -0.2) is 0 Å². The van der Waals surface area contributed by atoms with Crippen molar-refractivity contribution >= 4 is 5.91 Å². The van der Waals surface area contributed by atoms with Gasteiger partial charge < -0.3 is 10.0 Å². The van der Waals surface area contributed by atoms with Gasteiger partial charge in [0.05, 0.1) is 12.1 Å². The molecule has 3 nitrogen and oxygen atoms in total. The smallest absolute Gasteiger partial charge is 0.226 e. The fraction of sp³-hybridized carbons (Fsp3) is 0.500. The molecule has 0 spiro atoms. The third-order valence-electron chi connectivity index (χ3n) is 4.01. The molecule has 3 atom stereocenters. The number of fused-ring (bicyclic) bond motifs is 3. The first kappa shape index (κ1) is 10.8. The number of rotatable bonds is 2. The number of benzene rings is 1. The number of carbonyl (C=O) groups is 1. The van der Waals surface area contributed by atoms with E-state index in [1.165, 1.54) is 0 Å². The molecule has 90 valence electrons. The van der Waals surface area contributed by atoms with E-state index in [9.17, 15) is 9.90 Å². The minimum atomic E-state index is -0.324. The molecule has 1 amide bonds. The molecule has 0 radical (unpaired) electrons. The van der Waals surface area contributed by atoms with Crippen LogP contribution in [0.2, 0.25) is 0 Å². The van der Waals surface area contributed by atoms with Crippen LogP contribution in [0.1, 0.15) is 24.8 Å². The monoisotopic (exact) mass is 231 g/mol. The molecule has 1 N–H and O–H groups in total. The molecule has 1 aliphatic carbocycles. The number of carbonyl (C=O) groups excluding carboxylic acids is 1. The van der Waals surface area contributed by atoms with E-state index in [2.05, 4.69) is 0 Å². The van der Waals surface area contributed by atoms with Gasteiger partial charge in [0.1, 0.15) is 0 Å². The van der Waals surface area contributed by atoms with E-state index in [1.54, 1.807) is 0 Å². The molecule has 17 heavy (non-hydrogen) atoms. The van der Waals surface area contributed by atoms with Crippen LogP contribution in [0, 0.1) is 5.92 Å². The quantitative estimate of drug-likeness (QED) is 0.839. The van der Waals surface area contributed by atoms with Crippen LogP contribution < -0.4 is 0 Å². The first-order valence-electron chi connectivity index (χ1n) is 6.28. The van der Waals surface area contributed by atoms with Crippen molar-refractivity contribution in [3.63, 3.8) is 0 Å². The summed E-state index contributed by atoms with van der Waals surface area (Å²) < 4.78 is 0. The minimum Gasteiger partial charge on any atom is -0.391 e. The molecule has 4 rings (SSSR count). The first-order valence-corrected chi connectivity index (χ1v) is 6.28. The van der Waals surface area contributed by atoms with E-state index < -0.39 is 0 Å². The Balaban J connectivity index is 1.81. The van der Waals surface area contributed by atoms with E-state index in [0.29, 0.717) is 13.0 Å². The summed E-state index contributed by atoms with van der Waals surface area (Å²) in [5.74, 6) is 0.286. The summed E-state index contributed by atoms with van der Waals surface area (Å²) in [4.78, 5) is 14.0. The summed E-state index contributed by atoms with van der Waals surface area (Å²) in [5.41, 5.74) is 1.14. The Bertz CT molecular complexity index is 417. The van der Waals surface area contributed by atoms with Crippen molar-refractivity contribution < 1.29 is 9.90 Å². The summed E-state index contributed by atoms with van der Waals surface area (Å²) in [6.07, 6.45) is 2.24. The lowest BCUT2D eigenvalue weighted by Crippen LogP contribution is -2.58. The summed E-state index contributed by atoms with van der Waals surface area (Å²) >= 11 is 0. The van der Waals surface area contributed by atoms with Gasteiger partial charge in [0.25, 0.3) is 0 Å². The van der Waals surface area contributed by atoms with Gasteiger partial charge in [0.2, 0.25) is 5.91 Å². The highest BCUT2D eigenvalue weighted by Gasteiger charge is 2.45. The highest BCUT2D eigenvalue weighted by atomic mass is 16.3. The van der Waals surface area contributed by atoms with Crippen molar-refractivity contribution in [3.8, 4) is 0 Å². The van der Waals surface area contributed by atoms with E-state index in [4.69, 9.17) is 0 Å². The number of hydrogen-bond acceptors (Lipinski definition) is 2. The van der Waals surface area contributed by atoms with Gasteiger partial charge in [-0.2, -0.15) is 0 Å². The zero-order valence-electron chi connectivity index (χ0n) is 9.75. The molecule has 2 saturated heterocycles. The van der Waals surface area contributed by atoms with Crippen molar-refractivity contribution in [1.29, 1.82) is 0 Å². The Morgan fingerprint density at radius 3 is 2.71 bits per heavy atom. The van der Waals surface area contributed by atoms with Crippen LogP contribution in [-0.2, 0) is 11.3 Å². The molecule has 3 fully saturated rings. The lowest BCUT2D eigenvalue weighted by atomic mass is 9.77. The van der Waals surface area contributed by atoms with E-state index in [0.717, 1.165) is 18.4 Å². The second kappa shape index (κ2) is 4.15. The molecule has 2 heterocycles. The standard InChI is InChI=1S/C14H17NO2/c16-13-8-11-6-7-12(13)15(14(11)17)9-10-4-2-1-3-5-10/h1-5,11-13,16H,6-9H2/t11-,12-,13-/m0/s1. The molecule has 3 aliphatic rings.